The predicted molar refractivity (Wildman–Crippen MR) is 138 cm³/mol. The topological polar surface area (TPSA) is 12.0 Å². The summed E-state index contributed by atoms with van der Waals surface area (Å²) in [6, 6.07) is 24.5. The molecule has 0 bridgehead atoms. The van der Waals surface area contributed by atoms with Crippen LogP contribution in [-0.2, 0) is 5.41 Å². The second kappa shape index (κ2) is 8.16. The van der Waals surface area contributed by atoms with Gasteiger partial charge in [-0.2, -0.15) is 11.3 Å². The molecule has 3 aromatic carbocycles. The van der Waals surface area contributed by atoms with Crippen molar-refractivity contribution in [1.82, 2.24) is 0 Å². The van der Waals surface area contributed by atoms with E-state index >= 15 is 0 Å². The van der Waals surface area contributed by atoms with E-state index in [0.717, 1.165) is 11.4 Å². The molecule has 31 heavy (non-hydrogen) atoms. The second-order valence-corrected chi connectivity index (χ2v) is 11.3. The van der Waals surface area contributed by atoms with Crippen LogP contribution in [-0.4, -0.2) is 0 Å². The Morgan fingerprint density at radius 1 is 0.742 bits per heavy atom. The van der Waals surface area contributed by atoms with Gasteiger partial charge in [-0.3, -0.25) is 0 Å². The monoisotopic (exact) mass is 427 g/mol. The minimum absolute atomic E-state index is 0.127. The highest BCUT2D eigenvalue weighted by atomic mass is 32.1. The molecule has 0 fully saturated rings. The van der Waals surface area contributed by atoms with E-state index in [1.807, 2.05) is 0 Å². The first-order valence-electron chi connectivity index (χ1n) is 11.1. The average Bonchev–Trinajstić information content (AvgIpc) is 3.22. The third-order valence-electron chi connectivity index (χ3n) is 6.04. The third kappa shape index (κ3) is 4.55. The van der Waals surface area contributed by atoms with Crippen molar-refractivity contribution >= 4 is 33.5 Å². The summed E-state index contributed by atoms with van der Waals surface area (Å²) < 4.78 is 0. The molecule has 1 heterocycles. The lowest BCUT2D eigenvalue weighted by molar-refractivity contribution is 0.361. The number of hydrogen-bond acceptors (Lipinski definition) is 2. The maximum Gasteiger partial charge on any atom is 0.0464 e. The molecular weight excluding hydrogens is 394 g/mol. The first kappa shape index (κ1) is 21.6. The molecule has 0 aliphatic carbocycles. The van der Waals surface area contributed by atoms with E-state index in [1.54, 1.807) is 11.3 Å². The first-order valence-corrected chi connectivity index (χ1v) is 12.0. The molecule has 0 aliphatic heterocycles. The van der Waals surface area contributed by atoms with E-state index in [0.29, 0.717) is 5.92 Å². The fourth-order valence-corrected chi connectivity index (χ4v) is 5.16. The van der Waals surface area contributed by atoms with Gasteiger partial charge in [0.2, 0.25) is 0 Å². The standard InChI is InChI=1S/C29H33NS/c1-28(2,3)21-11-13-22(14-12-21)30-26-16-15-25(23-9-7-8-10-24(23)26)27(29(4,5)6)20-17-18-31-19-20/h7-19,27,30H,1-6H3. The summed E-state index contributed by atoms with van der Waals surface area (Å²) in [5.41, 5.74) is 6.72. The Morgan fingerprint density at radius 2 is 1.42 bits per heavy atom. The van der Waals surface area contributed by atoms with Crippen LogP contribution < -0.4 is 5.32 Å². The molecule has 0 aliphatic rings. The number of rotatable bonds is 4. The lowest BCUT2D eigenvalue weighted by atomic mass is 9.72. The van der Waals surface area contributed by atoms with Crippen molar-refractivity contribution in [2.24, 2.45) is 5.41 Å². The number of anilines is 2. The maximum absolute atomic E-state index is 3.67. The van der Waals surface area contributed by atoms with Gasteiger partial charge in [-0.05, 0) is 67.9 Å². The van der Waals surface area contributed by atoms with Crippen LogP contribution in [0, 0.1) is 5.41 Å². The predicted octanol–water partition coefficient (Wildman–Crippen LogP) is 9.12. The first-order chi connectivity index (χ1) is 14.6. The zero-order valence-corrected chi connectivity index (χ0v) is 20.3. The SMILES string of the molecule is CC(C)(C)c1ccc(Nc2ccc(C(c3ccsc3)C(C)(C)C)c3ccccc23)cc1. The summed E-state index contributed by atoms with van der Waals surface area (Å²) in [7, 11) is 0. The molecule has 0 saturated carbocycles. The normalized spacial score (nSPS) is 13.4. The Balaban J connectivity index is 1.77. The van der Waals surface area contributed by atoms with Crippen molar-refractivity contribution < 1.29 is 0 Å². The van der Waals surface area contributed by atoms with Crippen LogP contribution in [0.4, 0.5) is 11.4 Å². The van der Waals surface area contributed by atoms with Crippen LogP contribution in [0.2, 0.25) is 0 Å². The minimum Gasteiger partial charge on any atom is -0.355 e. The van der Waals surface area contributed by atoms with Gasteiger partial charge in [0.25, 0.3) is 0 Å². The molecule has 0 radical (unpaired) electrons. The Kier molecular flexibility index (Phi) is 5.70. The Bertz CT molecular complexity index is 1160. The van der Waals surface area contributed by atoms with Crippen molar-refractivity contribution in [2.75, 3.05) is 5.32 Å². The molecule has 1 atom stereocenters. The van der Waals surface area contributed by atoms with Gasteiger partial charge in [-0.1, -0.05) is 84.0 Å². The molecule has 160 valence electrons. The minimum atomic E-state index is 0.127. The number of hydrogen-bond donors (Lipinski definition) is 1. The number of fused-ring (bicyclic) bond motifs is 1. The number of thiophene rings is 1. The number of nitrogens with one attached hydrogen (secondary N) is 1. The van der Waals surface area contributed by atoms with Gasteiger partial charge in [0.15, 0.2) is 0 Å². The average molecular weight is 428 g/mol. The molecule has 1 unspecified atom stereocenters. The van der Waals surface area contributed by atoms with Crippen LogP contribution in [0.5, 0.6) is 0 Å². The molecule has 2 heteroatoms. The van der Waals surface area contributed by atoms with E-state index in [4.69, 9.17) is 0 Å². The Morgan fingerprint density at radius 3 is 2.00 bits per heavy atom. The molecule has 1 N–H and O–H groups in total. The molecule has 1 nitrogen and oxygen atoms in total. The van der Waals surface area contributed by atoms with Crippen LogP contribution in [0.1, 0.15) is 64.2 Å². The van der Waals surface area contributed by atoms with Crippen LogP contribution >= 0.6 is 11.3 Å². The molecule has 0 saturated heterocycles. The highest BCUT2D eigenvalue weighted by molar-refractivity contribution is 7.08. The Labute approximate surface area is 191 Å². The molecule has 0 amide bonds. The van der Waals surface area contributed by atoms with Crippen molar-refractivity contribution in [2.45, 2.75) is 52.9 Å². The summed E-state index contributed by atoms with van der Waals surface area (Å²) >= 11 is 1.78. The fraction of sp³-hybridized carbons (Fsp3) is 0.310. The zero-order chi connectivity index (χ0) is 22.2. The zero-order valence-electron chi connectivity index (χ0n) is 19.5. The molecule has 4 aromatic rings. The van der Waals surface area contributed by atoms with Gasteiger partial charge in [0, 0.05) is 22.7 Å². The number of benzene rings is 3. The third-order valence-corrected chi connectivity index (χ3v) is 6.74. The lowest BCUT2D eigenvalue weighted by Crippen LogP contribution is -2.19. The van der Waals surface area contributed by atoms with Gasteiger partial charge < -0.3 is 5.32 Å². The molecular formula is C29H33NS. The van der Waals surface area contributed by atoms with Crippen molar-refractivity contribution in [1.29, 1.82) is 0 Å². The lowest BCUT2D eigenvalue weighted by Gasteiger charge is -2.32. The Hall–Kier alpha value is -2.58. The quantitative estimate of drug-likeness (QED) is 0.342. The van der Waals surface area contributed by atoms with Crippen molar-refractivity contribution in [3.8, 4) is 0 Å². The highest BCUT2D eigenvalue weighted by Crippen LogP contribution is 2.45. The van der Waals surface area contributed by atoms with Crippen LogP contribution in [0.15, 0.2) is 77.5 Å². The maximum atomic E-state index is 3.67. The molecule has 4 rings (SSSR count). The van der Waals surface area contributed by atoms with Gasteiger partial charge in [0.05, 0.1) is 0 Å². The van der Waals surface area contributed by atoms with E-state index in [-0.39, 0.29) is 10.8 Å². The van der Waals surface area contributed by atoms with Gasteiger partial charge in [0.1, 0.15) is 0 Å². The van der Waals surface area contributed by atoms with Gasteiger partial charge >= 0.3 is 0 Å². The van der Waals surface area contributed by atoms with Crippen molar-refractivity contribution in [3.63, 3.8) is 0 Å². The van der Waals surface area contributed by atoms with Gasteiger partial charge in [-0.25, -0.2) is 0 Å². The summed E-state index contributed by atoms with van der Waals surface area (Å²) in [4.78, 5) is 0. The van der Waals surface area contributed by atoms with E-state index in [1.165, 1.54) is 27.5 Å². The smallest absolute Gasteiger partial charge is 0.0464 e. The largest absolute Gasteiger partial charge is 0.355 e. The van der Waals surface area contributed by atoms with E-state index in [9.17, 15) is 0 Å². The molecule has 0 spiro atoms. The van der Waals surface area contributed by atoms with E-state index in [2.05, 4.69) is 124 Å². The van der Waals surface area contributed by atoms with Crippen LogP contribution in [0.25, 0.3) is 10.8 Å². The van der Waals surface area contributed by atoms with Crippen molar-refractivity contribution in [3.05, 3.63) is 94.2 Å². The highest BCUT2D eigenvalue weighted by Gasteiger charge is 2.29. The second-order valence-electron chi connectivity index (χ2n) is 10.6. The van der Waals surface area contributed by atoms with Gasteiger partial charge in [-0.15, -0.1) is 0 Å². The summed E-state index contributed by atoms with van der Waals surface area (Å²) in [5, 5.41) is 10.7. The van der Waals surface area contributed by atoms with Crippen LogP contribution in [0.3, 0.4) is 0 Å². The molecule has 1 aromatic heterocycles. The summed E-state index contributed by atoms with van der Waals surface area (Å²) in [5.74, 6) is 0.351. The summed E-state index contributed by atoms with van der Waals surface area (Å²) in [6.45, 7) is 13.8. The summed E-state index contributed by atoms with van der Waals surface area (Å²) in [6.07, 6.45) is 0. The van der Waals surface area contributed by atoms with E-state index < -0.39 is 0 Å². The fourth-order valence-electron chi connectivity index (χ4n) is 4.48.